The molecule has 4 rings (SSSR count). The topological polar surface area (TPSA) is 70.2 Å². The van der Waals surface area contributed by atoms with E-state index >= 15 is 0 Å². The number of carbonyl (C=O) groups is 1. The summed E-state index contributed by atoms with van der Waals surface area (Å²) in [4.78, 5) is 22.1. The van der Waals surface area contributed by atoms with E-state index in [-0.39, 0.29) is 5.91 Å². The van der Waals surface area contributed by atoms with E-state index in [9.17, 15) is 4.79 Å². The van der Waals surface area contributed by atoms with Crippen LogP contribution in [0.15, 0.2) is 24.5 Å². The average Bonchev–Trinajstić information content (AvgIpc) is 3.20. The molecule has 4 heterocycles. The molecule has 0 bridgehead atoms. The summed E-state index contributed by atoms with van der Waals surface area (Å²) in [6.45, 7) is 2.47. The Morgan fingerprint density at radius 1 is 1.46 bits per heavy atom. The number of aromatic nitrogens is 2. The first-order valence-electron chi connectivity index (χ1n) is 8.50. The van der Waals surface area contributed by atoms with Gasteiger partial charge in [-0.05, 0) is 38.1 Å². The molecule has 0 saturated carbocycles. The summed E-state index contributed by atoms with van der Waals surface area (Å²) in [5.74, 6) is 0.596. The standard InChI is InChI=1S/C18H22N4O2/c1-22-8-2-3-13(22)11-24-16-9-12(4-6-19-16)14-10-21-15-5-7-20-18(23)17(14)15/h4,6,9-10,13,21H,2-3,5,7-8,11H2,1H3,(H,20,23)/t13-/m0/s1. The fraction of sp³-hybridized carbons (Fsp3) is 0.444. The molecule has 2 N–H and O–H groups in total. The van der Waals surface area contributed by atoms with Crippen LogP contribution in [0.25, 0.3) is 11.1 Å². The number of fused-ring (bicyclic) bond motifs is 1. The molecule has 1 amide bonds. The maximum Gasteiger partial charge on any atom is 0.253 e. The summed E-state index contributed by atoms with van der Waals surface area (Å²) in [5, 5.41) is 2.90. The van der Waals surface area contributed by atoms with Crippen molar-refractivity contribution in [2.75, 3.05) is 26.7 Å². The predicted molar refractivity (Wildman–Crippen MR) is 91.2 cm³/mol. The van der Waals surface area contributed by atoms with Crippen LogP contribution >= 0.6 is 0 Å². The third kappa shape index (κ3) is 2.78. The van der Waals surface area contributed by atoms with Crippen LogP contribution in [0.2, 0.25) is 0 Å². The minimum atomic E-state index is -0.0145. The predicted octanol–water partition coefficient (Wildman–Crippen LogP) is 1.84. The Morgan fingerprint density at radius 2 is 2.38 bits per heavy atom. The maximum absolute atomic E-state index is 12.2. The molecule has 2 aromatic heterocycles. The van der Waals surface area contributed by atoms with Gasteiger partial charge < -0.3 is 19.9 Å². The quantitative estimate of drug-likeness (QED) is 0.899. The van der Waals surface area contributed by atoms with E-state index in [1.54, 1.807) is 6.20 Å². The van der Waals surface area contributed by atoms with E-state index in [0.717, 1.165) is 35.3 Å². The molecule has 126 valence electrons. The Labute approximate surface area is 141 Å². The second-order valence-corrected chi connectivity index (χ2v) is 6.53. The minimum Gasteiger partial charge on any atom is -0.476 e. The van der Waals surface area contributed by atoms with Crippen LogP contribution in [-0.2, 0) is 6.42 Å². The lowest BCUT2D eigenvalue weighted by atomic mass is 10.00. The lowest BCUT2D eigenvalue weighted by Gasteiger charge is -2.19. The van der Waals surface area contributed by atoms with Gasteiger partial charge in [-0.1, -0.05) is 0 Å². The van der Waals surface area contributed by atoms with Crippen molar-refractivity contribution < 1.29 is 9.53 Å². The lowest BCUT2D eigenvalue weighted by Crippen LogP contribution is -2.31. The molecular weight excluding hydrogens is 304 g/mol. The Morgan fingerprint density at radius 3 is 3.21 bits per heavy atom. The normalized spacial score (nSPS) is 20.7. The van der Waals surface area contributed by atoms with E-state index in [1.807, 2.05) is 18.3 Å². The highest BCUT2D eigenvalue weighted by atomic mass is 16.5. The number of H-pyrrole nitrogens is 1. The molecule has 1 saturated heterocycles. The number of hydrogen-bond donors (Lipinski definition) is 2. The molecule has 0 aromatic carbocycles. The van der Waals surface area contributed by atoms with E-state index in [4.69, 9.17) is 4.74 Å². The molecule has 2 aliphatic rings. The summed E-state index contributed by atoms with van der Waals surface area (Å²) in [6, 6.07) is 4.29. The fourth-order valence-electron chi connectivity index (χ4n) is 3.57. The van der Waals surface area contributed by atoms with Crippen LogP contribution in [0.5, 0.6) is 5.88 Å². The Kier molecular flexibility index (Phi) is 3.98. The van der Waals surface area contributed by atoms with Gasteiger partial charge in [-0.3, -0.25) is 4.79 Å². The largest absolute Gasteiger partial charge is 0.476 e. The van der Waals surface area contributed by atoms with Crippen molar-refractivity contribution in [3.63, 3.8) is 0 Å². The van der Waals surface area contributed by atoms with Crippen molar-refractivity contribution >= 4 is 5.91 Å². The number of carbonyl (C=O) groups excluding carboxylic acids is 1. The SMILES string of the molecule is CN1CCC[C@H]1COc1cc(-c2c[nH]c3c2C(=O)NCC3)ccn1. The molecule has 0 aliphatic carbocycles. The zero-order valence-corrected chi connectivity index (χ0v) is 13.8. The maximum atomic E-state index is 12.2. The Hall–Kier alpha value is -2.34. The van der Waals surface area contributed by atoms with Gasteiger partial charge in [0, 0.05) is 48.7 Å². The average molecular weight is 326 g/mol. The number of likely N-dealkylation sites (tertiary alicyclic amines) is 1. The van der Waals surface area contributed by atoms with Crippen molar-refractivity contribution in [2.45, 2.75) is 25.3 Å². The number of aromatic amines is 1. The Balaban J connectivity index is 1.55. The molecule has 6 nitrogen and oxygen atoms in total. The van der Waals surface area contributed by atoms with Crippen LogP contribution in [0.4, 0.5) is 0 Å². The van der Waals surface area contributed by atoms with Crippen molar-refractivity contribution in [1.82, 2.24) is 20.2 Å². The summed E-state index contributed by atoms with van der Waals surface area (Å²) in [6.07, 6.45) is 6.87. The zero-order chi connectivity index (χ0) is 16.5. The highest BCUT2D eigenvalue weighted by Crippen LogP contribution is 2.29. The van der Waals surface area contributed by atoms with Gasteiger partial charge in [0.05, 0.1) is 5.56 Å². The number of rotatable bonds is 4. The van der Waals surface area contributed by atoms with E-state index < -0.39 is 0 Å². The summed E-state index contributed by atoms with van der Waals surface area (Å²) in [7, 11) is 2.13. The minimum absolute atomic E-state index is 0.0145. The number of nitrogens with one attached hydrogen (secondary N) is 2. The first-order valence-corrected chi connectivity index (χ1v) is 8.50. The molecule has 2 aromatic rings. The Bertz CT molecular complexity index is 755. The molecule has 24 heavy (non-hydrogen) atoms. The van der Waals surface area contributed by atoms with Crippen LogP contribution < -0.4 is 10.1 Å². The molecule has 2 aliphatic heterocycles. The summed E-state index contributed by atoms with van der Waals surface area (Å²) in [5.41, 5.74) is 3.61. The van der Waals surface area contributed by atoms with Gasteiger partial charge in [-0.15, -0.1) is 0 Å². The summed E-state index contributed by atoms with van der Waals surface area (Å²) < 4.78 is 5.91. The number of hydrogen-bond acceptors (Lipinski definition) is 4. The van der Waals surface area contributed by atoms with Crippen molar-refractivity contribution in [3.05, 3.63) is 35.8 Å². The number of ether oxygens (including phenoxy) is 1. The number of amides is 1. The van der Waals surface area contributed by atoms with Crippen molar-refractivity contribution in [1.29, 1.82) is 0 Å². The summed E-state index contributed by atoms with van der Waals surface area (Å²) >= 11 is 0. The van der Waals surface area contributed by atoms with Crippen LogP contribution in [-0.4, -0.2) is 53.6 Å². The van der Waals surface area contributed by atoms with Gasteiger partial charge in [0.15, 0.2) is 0 Å². The first kappa shape index (κ1) is 15.2. The second-order valence-electron chi connectivity index (χ2n) is 6.53. The van der Waals surface area contributed by atoms with Crippen molar-refractivity contribution in [2.24, 2.45) is 0 Å². The smallest absolute Gasteiger partial charge is 0.253 e. The third-order valence-corrected chi connectivity index (χ3v) is 4.99. The number of nitrogens with zero attached hydrogens (tertiary/aromatic N) is 2. The molecule has 0 unspecified atom stereocenters. The molecule has 1 atom stereocenters. The van der Waals surface area contributed by atoms with Crippen LogP contribution in [0, 0.1) is 0 Å². The monoisotopic (exact) mass is 326 g/mol. The first-order chi connectivity index (χ1) is 11.7. The van der Waals surface area contributed by atoms with Crippen LogP contribution in [0.3, 0.4) is 0 Å². The van der Waals surface area contributed by atoms with E-state index in [0.29, 0.717) is 25.1 Å². The molecule has 1 fully saturated rings. The van der Waals surface area contributed by atoms with Crippen LogP contribution in [0.1, 0.15) is 28.9 Å². The van der Waals surface area contributed by atoms with Gasteiger partial charge in [0.25, 0.3) is 5.91 Å². The lowest BCUT2D eigenvalue weighted by molar-refractivity contribution is 0.0946. The highest BCUT2D eigenvalue weighted by molar-refractivity contribution is 6.03. The fourth-order valence-corrected chi connectivity index (χ4v) is 3.57. The number of likely N-dealkylation sites (N-methyl/N-ethyl adjacent to an activating group) is 1. The molecular formula is C18H22N4O2. The molecule has 0 radical (unpaired) electrons. The zero-order valence-electron chi connectivity index (χ0n) is 13.8. The van der Waals surface area contributed by atoms with E-state index in [1.165, 1.54) is 12.8 Å². The molecule has 6 heteroatoms. The van der Waals surface area contributed by atoms with Gasteiger partial charge in [0.2, 0.25) is 5.88 Å². The van der Waals surface area contributed by atoms with Gasteiger partial charge in [0.1, 0.15) is 6.61 Å². The van der Waals surface area contributed by atoms with Gasteiger partial charge in [-0.25, -0.2) is 4.98 Å². The van der Waals surface area contributed by atoms with Gasteiger partial charge >= 0.3 is 0 Å². The molecule has 0 spiro atoms. The van der Waals surface area contributed by atoms with Gasteiger partial charge in [-0.2, -0.15) is 0 Å². The highest BCUT2D eigenvalue weighted by Gasteiger charge is 2.24. The third-order valence-electron chi connectivity index (χ3n) is 4.99. The number of pyridine rings is 1. The second kappa shape index (κ2) is 6.28. The van der Waals surface area contributed by atoms with Crippen molar-refractivity contribution in [3.8, 4) is 17.0 Å². The van der Waals surface area contributed by atoms with E-state index in [2.05, 4.69) is 27.2 Å².